The van der Waals surface area contributed by atoms with Gasteiger partial charge in [0.25, 0.3) is 0 Å². The van der Waals surface area contributed by atoms with Crippen molar-refractivity contribution >= 4 is 6.03 Å². The second-order valence-corrected chi connectivity index (χ2v) is 0.953. The molecule has 0 saturated heterocycles. The largest absolute Gasteiger partial charge is 0.331 e. The molecule has 0 rings (SSSR count). The first kappa shape index (κ1) is 0.856. The molecular weight excluding hydrogens is 104 g/mol. The molecule has 0 aromatic rings. The molecule has 0 spiro atoms. The van der Waals surface area contributed by atoms with Crippen LogP contribution < -0.4 is 0 Å². The van der Waals surface area contributed by atoms with E-state index < -0.39 is 43.7 Å². The Bertz CT molecular complexity index is 298. The maximum atomic E-state index is 11.8. The zero-order valence-corrected chi connectivity index (χ0v) is 3.80. The highest BCUT2D eigenvalue weighted by molar-refractivity contribution is 5.72. The van der Waals surface area contributed by atoms with Crippen molar-refractivity contribution in [1.82, 2.24) is 9.80 Å². The Morgan fingerprint density at radius 2 is 1.62 bits per heavy atom. The number of carbonyl (C=O) groups excluding carboxylic acids is 1. The zero-order chi connectivity index (χ0) is 16.7. The van der Waals surface area contributed by atoms with Crippen molar-refractivity contribution in [2.45, 2.75) is 0 Å². The molecule has 3 heteroatoms. The van der Waals surface area contributed by atoms with Gasteiger partial charge in [-0.3, -0.25) is 0 Å². The summed E-state index contributed by atoms with van der Waals surface area (Å²) in [5, 5.41) is 0. The van der Waals surface area contributed by atoms with Gasteiger partial charge in [-0.15, -0.1) is 0 Å². The van der Waals surface area contributed by atoms with E-state index >= 15 is 0 Å². The van der Waals surface area contributed by atoms with E-state index in [0.717, 1.165) is 0 Å². The van der Waals surface area contributed by atoms with Crippen LogP contribution in [0.15, 0.2) is 0 Å². The maximum absolute atomic E-state index is 11.8. The van der Waals surface area contributed by atoms with Crippen molar-refractivity contribution in [3.8, 4) is 0 Å². The second kappa shape index (κ2) is 2.55. The molecule has 2 amide bonds. The van der Waals surface area contributed by atoms with Crippen LogP contribution in [0.5, 0.6) is 0 Å². The van der Waals surface area contributed by atoms with E-state index in [4.69, 9.17) is 16.4 Å². The number of carbonyl (C=O) groups is 1. The van der Waals surface area contributed by atoms with Crippen LogP contribution in [0.1, 0.15) is 16.4 Å². The van der Waals surface area contributed by atoms with Crippen LogP contribution in [0.2, 0.25) is 0 Å². The summed E-state index contributed by atoms with van der Waals surface area (Å²) in [6.45, 7) is -14.1. The van der Waals surface area contributed by atoms with Crippen LogP contribution >= 0.6 is 0 Å². The Morgan fingerprint density at radius 1 is 1.25 bits per heavy atom. The van der Waals surface area contributed by atoms with Gasteiger partial charge in [-0.05, 0) is 0 Å². The van der Waals surface area contributed by atoms with E-state index in [0.29, 0.717) is 0 Å². The summed E-state index contributed by atoms with van der Waals surface area (Å²) in [5.41, 5.74) is 0. The van der Waals surface area contributed by atoms with Crippen LogP contribution in [-0.2, 0) is 0 Å². The van der Waals surface area contributed by atoms with Crippen LogP contribution in [0.3, 0.4) is 0 Å². The van der Waals surface area contributed by atoms with Gasteiger partial charge in [-0.25, -0.2) is 4.79 Å². The lowest BCUT2D eigenvalue weighted by Crippen LogP contribution is -2.33. The fraction of sp³-hybridized carbons (Fsp3) is 0.800. The SMILES string of the molecule is [2H]C([2H])([2H])N(C(=O)N(C([2H])([2H])[2H])C([2H])([2H])[2H])C([2H])([2H])[2H]. The number of hydrogen-bond acceptors (Lipinski definition) is 1. The van der Waals surface area contributed by atoms with Crippen LogP contribution in [0.25, 0.3) is 0 Å². The molecule has 0 aliphatic carbocycles. The second-order valence-electron chi connectivity index (χ2n) is 0.953. The predicted molar refractivity (Wildman–Crippen MR) is 32.8 cm³/mol. The van der Waals surface area contributed by atoms with Crippen molar-refractivity contribution in [2.24, 2.45) is 0 Å². The number of hydrogen-bond donors (Lipinski definition) is 0. The van der Waals surface area contributed by atoms with E-state index in [9.17, 15) is 4.79 Å². The van der Waals surface area contributed by atoms with Gasteiger partial charge in [0.15, 0.2) is 0 Å². The molecule has 48 valence electrons. The first-order chi connectivity index (χ1) is 8.40. The van der Waals surface area contributed by atoms with Gasteiger partial charge < -0.3 is 9.80 Å². The number of nitrogens with zero attached hydrogens (tertiary/aromatic N) is 2. The average molecular weight is 128 g/mol. The van der Waals surface area contributed by atoms with Crippen LogP contribution in [0, 0.1) is 0 Å². The standard InChI is InChI=1S/C5H12N2O/c1-6(2)5(8)7(3)4/h1-4H3/i1D3,2D3,3D3,4D3. The lowest BCUT2D eigenvalue weighted by molar-refractivity contribution is 0.191. The summed E-state index contributed by atoms with van der Waals surface area (Å²) in [6.07, 6.45) is 0. The Labute approximate surface area is 66.7 Å². The van der Waals surface area contributed by atoms with Gasteiger partial charge in [0, 0.05) is 44.4 Å². The maximum Gasteiger partial charge on any atom is 0.318 e. The molecule has 0 unspecified atom stereocenters. The molecule has 0 aliphatic heterocycles. The lowest BCUT2D eigenvalue weighted by Gasteiger charge is -2.16. The van der Waals surface area contributed by atoms with Gasteiger partial charge >= 0.3 is 6.03 Å². The molecule has 0 heterocycles. The van der Waals surface area contributed by atoms with Gasteiger partial charge in [0.05, 0.1) is 0 Å². The molecule has 0 aromatic heterocycles. The topological polar surface area (TPSA) is 23.6 Å². The van der Waals surface area contributed by atoms with Gasteiger partial charge in [-0.2, -0.15) is 0 Å². The van der Waals surface area contributed by atoms with Crippen molar-refractivity contribution in [3.63, 3.8) is 0 Å². The summed E-state index contributed by atoms with van der Waals surface area (Å²) in [5.74, 6) is 0. The highest BCUT2D eigenvalue weighted by atomic mass is 16.2. The van der Waals surface area contributed by atoms with Crippen molar-refractivity contribution in [3.05, 3.63) is 0 Å². The van der Waals surface area contributed by atoms with E-state index in [1.165, 1.54) is 0 Å². The molecule has 0 bridgehead atoms. The Balaban J connectivity index is 5.89. The minimum atomic E-state index is -3.53. The zero-order valence-electron chi connectivity index (χ0n) is 15.8. The third-order valence-electron chi connectivity index (χ3n) is 0.383. The molecular formula is C5H12N2O. The Kier molecular flexibility index (Phi) is 0.273. The van der Waals surface area contributed by atoms with Gasteiger partial charge in [0.1, 0.15) is 0 Å². The monoisotopic (exact) mass is 128 g/mol. The van der Waals surface area contributed by atoms with Crippen molar-refractivity contribution in [2.75, 3.05) is 27.9 Å². The fourth-order valence-corrected chi connectivity index (χ4v) is 0.100. The van der Waals surface area contributed by atoms with E-state index in [1.54, 1.807) is 0 Å². The third kappa shape index (κ3) is 1.82. The van der Waals surface area contributed by atoms with E-state index in [-0.39, 0.29) is 0 Å². The highest BCUT2D eigenvalue weighted by Crippen LogP contribution is 1.83. The number of amides is 2. The quantitative estimate of drug-likeness (QED) is 0.458. The summed E-state index contributed by atoms with van der Waals surface area (Å²) < 4.78 is 83.5. The minimum Gasteiger partial charge on any atom is -0.331 e. The normalized spacial score (nSPS) is 37.0. The molecule has 3 nitrogen and oxygen atoms in total. The Hall–Kier alpha value is -0.730. The predicted octanol–water partition coefficient (Wildman–Crippen LogP) is 0.230. The number of rotatable bonds is 0. The van der Waals surface area contributed by atoms with Gasteiger partial charge in [0.2, 0.25) is 0 Å². The molecule has 0 saturated carbocycles. The Morgan fingerprint density at radius 3 is 1.88 bits per heavy atom. The average Bonchev–Trinajstić information content (AvgIpc) is 1.88. The molecule has 0 aliphatic rings. The smallest absolute Gasteiger partial charge is 0.318 e. The first-order valence-corrected chi connectivity index (χ1v) is 1.55. The first-order valence-electron chi connectivity index (χ1n) is 7.55. The minimum absolute atomic E-state index is 0.723. The summed E-state index contributed by atoms with van der Waals surface area (Å²) >= 11 is 0. The third-order valence-corrected chi connectivity index (χ3v) is 0.383. The number of urea groups is 1. The van der Waals surface area contributed by atoms with Crippen LogP contribution in [0.4, 0.5) is 4.79 Å². The van der Waals surface area contributed by atoms with E-state index in [2.05, 4.69) is 0 Å². The lowest BCUT2D eigenvalue weighted by atomic mass is 10.7. The molecule has 0 atom stereocenters. The van der Waals surface area contributed by atoms with Crippen LogP contribution in [-0.4, -0.2) is 43.7 Å². The van der Waals surface area contributed by atoms with E-state index in [1.807, 2.05) is 0 Å². The van der Waals surface area contributed by atoms with Gasteiger partial charge in [-0.1, -0.05) is 0 Å². The molecule has 0 fully saturated rings. The molecule has 8 heavy (non-hydrogen) atoms. The molecule has 0 radical (unpaired) electrons. The summed E-state index contributed by atoms with van der Waals surface area (Å²) in [7, 11) is 0. The van der Waals surface area contributed by atoms with Crippen molar-refractivity contribution in [1.29, 1.82) is 0 Å². The molecule has 0 N–H and O–H groups in total. The summed E-state index contributed by atoms with van der Waals surface area (Å²) in [4.78, 5) is 10.4. The fourth-order valence-electron chi connectivity index (χ4n) is 0.100. The summed E-state index contributed by atoms with van der Waals surface area (Å²) in [6, 6.07) is -2.15. The molecule has 0 aromatic carbocycles. The van der Waals surface area contributed by atoms with Crippen molar-refractivity contribution < 1.29 is 21.2 Å². The highest BCUT2D eigenvalue weighted by Gasteiger charge is 2.02.